The summed E-state index contributed by atoms with van der Waals surface area (Å²) >= 11 is 0. The summed E-state index contributed by atoms with van der Waals surface area (Å²) in [5.41, 5.74) is 8.74. The quantitative estimate of drug-likeness (QED) is 0.0750. The average Bonchev–Trinajstić information content (AvgIpc) is 3.49. The Labute approximate surface area is 321 Å². The van der Waals surface area contributed by atoms with E-state index in [1.54, 1.807) is 0 Å². The van der Waals surface area contributed by atoms with Crippen LogP contribution in [-0.2, 0) is 22.0 Å². The van der Waals surface area contributed by atoms with E-state index in [-0.39, 0.29) is 16.7 Å². The van der Waals surface area contributed by atoms with Crippen molar-refractivity contribution >= 4 is 44.5 Å². The van der Waals surface area contributed by atoms with Gasteiger partial charge in [0, 0.05) is 54.5 Å². The van der Waals surface area contributed by atoms with Crippen LogP contribution in [0.3, 0.4) is 0 Å². The number of likely N-dealkylation sites (N-methyl/N-ethyl adjacent to an activating group) is 1. The van der Waals surface area contributed by atoms with Crippen LogP contribution >= 0.6 is 0 Å². The number of benzene rings is 5. The number of hydrogen-bond donors (Lipinski definition) is 1. The minimum Gasteiger partial charge on any atom is -0.494 e. The zero-order valence-corrected chi connectivity index (χ0v) is 32.8. The first-order valence-corrected chi connectivity index (χ1v) is 19.5. The lowest BCUT2D eigenvalue weighted by atomic mass is 9.79. The van der Waals surface area contributed by atoms with Crippen molar-refractivity contribution < 1.29 is 14.1 Å². The van der Waals surface area contributed by atoms with Gasteiger partial charge in [-0.3, -0.25) is 4.79 Å². The summed E-state index contributed by atoms with van der Waals surface area (Å²) in [5, 5.41) is 8.12. The van der Waals surface area contributed by atoms with Gasteiger partial charge in [-0.15, -0.1) is 0 Å². The molecule has 1 amide bonds. The Bertz CT molecular complexity index is 2310. The van der Waals surface area contributed by atoms with Gasteiger partial charge in [0.1, 0.15) is 12.8 Å². The van der Waals surface area contributed by atoms with Crippen molar-refractivity contribution in [3.63, 3.8) is 0 Å². The van der Waals surface area contributed by atoms with Gasteiger partial charge in [-0.05, 0) is 103 Å². The smallest absolute Gasteiger partial charge is 0.220 e. The monoisotopic (exact) mass is 716 g/mol. The molecule has 0 bridgehead atoms. The Morgan fingerprint density at radius 1 is 0.778 bits per heavy atom. The van der Waals surface area contributed by atoms with E-state index >= 15 is 0 Å². The highest BCUT2D eigenvalue weighted by Gasteiger charge is 2.44. The lowest BCUT2D eigenvalue weighted by Gasteiger charge is -2.24. The Hall–Kier alpha value is -5.42. The third-order valence-corrected chi connectivity index (χ3v) is 11.5. The fourth-order valence-electron chi connectivity index (χ4n) is 8.70. The fraction of sp³-hybridized carbons (Fsp3) is 0.306. The van der Waals surface area contributed by atoms with Crippen LogP contribution in [0.2, 0.25) is 0 Å². The van der Waals surface area contributed by atoms with E-state index in [0.717, 1.165) is 31.4 Å². The number of anilines is 1. The number of ether oxygens (including phenoxy) is 1. The number of allylic oxidation sites excluding steroid dienone is 6. The zero-order chi connectivity index (χ0) is 37.9. The molecule has 5 aromatic carbocycles. The molecule has 1 N–H and O–H groups in total. The molecule has 0 atom stereocenters. The molecular formula is C49H54N3O2+. The normalized spacial score (nSPS) is 16.6. The van der Waals surface area contributed by atoms with E-state index in [2.05, 4.69) is 166 Å². The van der Waals surface area contributed by atoms with Crippen molar-refractivity contribution in [1.29, 1.82) is 0 Å². The molecule has 0 saturated heterocycles. The lowest BCUT2D eigenvalue weighted by molar-refractivity contribution is -0.401. The molecule has 0 radical (unpaired) electrons. The summed E-state index contributed by atoms with van der Waals surface area (Å²) in [6.07, 6.45) is 15.2. The van der Waals surface area contributed by atoms with Crippen LogP contribution in [0, 0.1) is 0 Å². The summed E-state index contributed by atoms with van der Waals surface area (Å²) in [7, 11) is 4.35. The second-order valence-electron chi connectivity index (χ2n) is 15.8. The number of amides is 1. The third kappa shape index (κ3) is 7.24. The molecule has 54 heavy (non-hydrogen) atoms. The van der Waals surface area contributed by atoms with Crippen LogP contribution < -0.4 is 15.0 Å². The highest BCUT2D eigenvalue weighted by atomic mass is 16.5. The van der Waals surface area contributed by atoms with Crippen LogP contribution in [0.4, 0.5) is 11.4 Å². The number of unbranched alkanes of at least 4 members (excludes halogenated alkanes) is 2. The van der Waals surface area contributed by atoms with Crippen LogP contribution in [0.1, 0.15) is 70.1 Å². The topological polar surface area (TPSA) is 44.6 Å². The fourth-order valence-corrected chi connectivity index (χ4v) is 8.70. The third-order valence-electron chi connectivity index (χ3n) is 11.5. The van der Waals surface area contributed by atoms with Crippen molar-refractivity contribution in [3.8, 4) is 5.75 Å². The molecule has 0 unspecified atom stereocenters. The largest absolute Gasteiger partial charge is 0.494 e. The first kappa shape index (κ1) is 36.9. The molecule has 2 aliphatic rings. The Morgan fingerprint density at radius 3 is 2.35 bits per heavy atom. The van der Waals surface area contributed by atoms with Gasteiger partial charge in [-0.25, -0.2) is 0 Å². The van der Waals surface area contributed by atoms with Crippen LogP contribution in [0.15, 0.2) is 133 Å². The average molecular weight is 717 g/mol. The van der Waals surface area contributed by atoms with E-state index < -0.39 is 0 Å². The molecule has 0 aliphatic carbocycles. The number of rotatable bonds is 13. The number of carbonyl (C=O) groups excluding carboxylic acids is 1. The zero-order valence-electron chi connectivity index (χ0n) is 32.8. The summed E-state index contributed by atoms with van der Waals surface area (Å²) in [6.45, 7) is 10.6. The summed E-state index contributed by atoms with van der Waals surface area (Å²) in [5.74, 6) is 1.02. The first-order chi connectivity index (χ1) is 26.1. The molecule has 2 aliphatic heterocycles. The number of nitrogens with one attached hydrogen (secondary N) is 1. The predicted octanol–water partition coefficient (Wildman–Crippen LogP) is 10.7. The molecule has 0 aromatic heterocycles. The maximum absolute atomic E-state index is 12.3. The minimum atomic E-state index is -0.191. The summed E-state index contributed by atoms with van der Waals surface area (Å²) in [4.78, 5) is 14.6. The number of carbonyl (C=O) groups is 1. The SMILES string of the molecule is CN1/C(=C/C=C/C=C/C2=[N+](C)c3ccc4ccccc4c3C2(C)C)C(C)(C)c2c1ccc1ccc(OCCCCCC(=O)NCCc3ccccc3)cc21. The van der Waals surface area contributed by atoms with Crippen molar-refractivity contribution in [2.45, 2.75) is 70.6 Å². The Morgan fingerprint density at radius 2 is 1.52 bits per heavy atom. The van der Waals surface area contributed by atoms with E-state index in [4.69, 9.17) is 4.74 Å². The van der Waals surface area contributed by atoms with Gasteiger partial charge < -0.3 is 15.0 Å². The van der Waals surface area contributed by atoms with Crippen LogP contribution in [0.25, 0.3) is 21.5 Å². The molecular weight excluding hydrogens is 663 g/mol. The maximum Gasteiger partial charge on any atom is 0.220 e. The minimum absolute atomic E-state index is 0.104. The lowest BCUT2D eigenvalue weighted by Crippen LogP contribution is -2.26. The molecule has 276 valence electrons. The highest BCUT2D eigenvalue weighted by Crippen LogP contribution is 2.50. The van der Waals surface area contributed by atoms with E-state index in [1.807, 2.05) is 18.2 Å². The Kier molecular flexibility index (Phi) is 10.6. The van der Waals surface area contributed by atoms with Gasteiger partial charge in [0.2, 0.25) is 11.6 Å². The van der Waals surface area contributed by atoms with Gasteiger partial charge >= 0.3 is 0 Å². The van der Waals surface area contributed by atoms with Gasteiger partial charge in [-0.1, -0.05) is 98.8 Å². The van der Waals surface area contributed by atoms with E-state index in [0.29, 0.717) is 19.6 Å². The molecule has 2 heterocycles. The van der Waals surface area contributed by atoms with Crippen LogP contribution in [0.5, 0.6) is 5.75 Å². The number of nitrogens with zero attached hydrogens (tertiary/aromatic N) is 2. The Balaban J connectivity index is 0.966. The summed E-state index contributed by atoms with van der Waals surface area (Å²) in [6, 6.07) is 34.4. The molecule has 5 heteroatoms. The van der Waals surface area contributed by atoms with E-state index in [9.17, 15) is 4.79 Å². The van der Waals surface area contributed by atoms with Gasteiger partial charge in [-0.2, -0.15) is 4.58 Å². The van der Waals surface area contributed by atoms with Crippen LogP contribution in [-0.4, -0.2) is 43.4 Å². The molecule has 7 rings (SSSR count). The van der Waals surface area contributed by atoms with Crippen molar-refractivity contribution in [1.82, 2.24) is 5.32 Å². The van der Waals surface area contributed by atoms with Gasteiger partial charge in [0.15, 0.2) is 5.71 Å². The van der Waals surface area contributed by atoms with E-state index in [1.165, 1.54) is 61.0 Å². The van der Waals surface area contributed by atoms with Crippen molar-refractivity contribution in [3.05, 3.63) is 150 Å². The molecule has 5 aromatic rings. The van der Waals surface area contributed by atoms with Gasteiger partial charge in [0.25, 0.3) is 0 Å². The molecule has 0 fully saturated rings. The molecule has 0 spiro atoms. The molecule has 0 saturated carbocycles. The van der Waals surface area contributed by atoms with Crippen molar-refractivity contribution in [2.24, 2.45) is 0 Å². The predicted molar refractivity (Wildman–Crippen MR) is 227 cm³/mol. The second kappa shape index (κ2) is 15.5. The highest BCUT2D eigenvalue weighted by molar-refractivity contribution is 6.07. The van der Waals surface area contributed by atoms with Crippen molar-refractivity contribution in [2.75, 3.05) is 32.1 Å². The maximum atomic E-state index is 12.3. The number of hydrogen-bond acceptors (Lipinski definition) is 3. The first-order valence-electron chi connectivity index (χ1n) is 19.5. The number of fused-ring (bicyclic) bond motifs is 6. The molecule has 5 nitrogen and oxygen atoms in total. The second-order valence-corrected chi connectivity index (χ2v) is 15.8. The van der Waals surface area contributed by atoms with Gasteiger partial charge in [0.05, 0.1) is 12.0 Å². The summed E-state index contributed by atoms with van der Waals surface area (Å²) < 4.78 is 8.60. The standard InChI is InChI=1S/C49H53N3O2/c1-48(2)43(51(5)41-29-26-36-20-15-16-21-39(36)46(41)48)22-12-8-13-23-44-49(3,4)47-40-34-38(28-25-37(40)27-30-42(47)52(44)6)54-33-17-9-14-24-45(53)50-32-31-35-18-10-7-11-19-35/h7-8,10-13,15-16,18-23,25-30,34H,9,14,17,24,31-33H2,1-6H3/p+1.